The summed E-state index contributed by atoms with van der Waals surface area (Å²) >= 11 is 0. The van der Waals surface area contributed by atoms with Gasteiger partial charge in [-0.25, -0.2) is 16.8 Å². The highest BCUT2D eigenvalue weighted by Gasteiger charge is 2.34. The molecule has 2 aromatic rings. The number of benzene rings is 2. The Labute approximate surface area is 453 Å². The van der Waals surface area contributed by atoms with Crippen molar-refractivity contribution in [3.63, 3.8) is 0 Å². The van der Waals surface area contributed by atoms with Crippen LogP contribution in [0.5, 0.6) is 11.5 Å². The van der Waals surface area contributed by atoms with Gasteiger partial charge in [0.1, 0.15) is 24.7 Å². The first-order valence-corrected chi connectivity index (χ1v) is 29.7. The van der Waals surface area contributed by atoms with Gasteiger partial charge in [0.25, 0.3) is 0 Å². The Bertz CT molecular complexity index is 2150. The van der Waals surface area contributed by atoms with Gasteiger partial charge in [-0.05, 0) is 179 Å². The molecule has 18 nitrogen and oxygen atoms in total. The van der Waals surface area contributed by atoms with E-state index < -0.39 is 20.0 Å². The third kappa shape index (κ3) is 17.8. The minimum atomic E-state index is -3.69. The number of sulfonamides is 2. The van der Waals surface area contributed by atoms with E-state index in [-0.39, 0.29) is 80.6 Å². The van der Waals surface area contributed by atoms with Crippen LogP contribution in [0.3, 0.4) is 0 Å². The molecule has 4 fully saturated rings. The second-order valence-electron chi connectivity index (χ2n) is 21.3. The first kappa shape index (κ1) is 64.1. The number of methoxy groups -OCH3 is 2. The van der Waals surface area contributed by atoms with Crippen molar-refractivity contribution >= 4 is 31.9 Å². The molecule has 0 N–H and O–H groups in total. The lowest BCUT2D eigenvalue weighted by atomic mass is 9.89. The fraction of sp³-hybridized carbons (Fsp3) is 0.745. The van der Waals surface area contributed by atoms with Gasteiger partial charge in [-0.2, -0.15) is 8.61 Å². The molecule has 4 atom stereocenters. The number of carbonyl (C=O) groups is 2. The summed E-state index contributed by atoms with van der Waals surface area (Å²) in [5.74, 6) is 1.17. The van der Waals surface area contributed by atoms with Gasteiger partial charge >= 0.3 is 0 Å². The van der Waals surface area contributed by atoms with Gasteiger partial charge in [-0.15, -0.1) is 0 Å². The molecular formula is C55H96N8O10S2. The molecule has 2 saturated heterocycles. The first-order valence-electron chi connectivity index (χ1n) is 26.8. The van der Waals surface area contributed by atoms with Crippen molar-refractivity contribution in [3.8, 4) is 11.5 Å². The van der Waals surface area contributed by atoms with Gasteiger partial charge in [0.2, 0.25) is 31.9 Å². The van der Waals surface area contributed by atoms with Crippen molar-refractivity contribution in [2.24, 2.45) is 0 Å². The summed E-state index contributed by atoms with van der Waals surface area (Å²) in [5.41, 5.74) is 2.55. The van der Waals surface area contributed by atoms with E-state index in [1.54, 1.807) is 80.3 Å². The Morgan fingerprint density at radius 2 is 0.880 bits per heavy atom. The Kier molecular flexibility index (Phi) is 25.7. The predicted octanol–water partition coefficient (Wildman–Crippen LogP) is 5.35. The molecule has 2 unspecified atom stereocenters. The van der Waals surface area contributed by atoms with E-state index >= 15 is 0 Å². The van der Waals surface area contributed by atoms with Crippen molar-refractivity contribution in [2.45, 2.75) is 133 Å². The molecule has 0 bridgehead atoms. The van der Waals surface area contributed by atoms with Crippen LogP contribution in [0.4, 0.5) is 0 Å². The lowest BCUT2D eigenvalue weighted by Gasteiger charge is -2.40. The van der Waals surface area contributed by atoms with Gasteiger partial charge in [-0.1, -0.05) is 7.43 Å². The number of likely N-dealkylation sites (N-methyl/N-ethyl adjacent to an activating group) is 6. The van der Waals surface area contributed by atoms with Crippen molar-refractivity contribution < 1.29 is 45.4 Å². The summed E-state index contributed by atoms with van der Waals surface area (Å²) < 4.78 is 77.0. The van der Waals surface area contributed by atoms with E-state index in [9.17, 15) is 26.4 Å². The topological polar surface area (TPSA) is 165 Å². The molecule has 2 amide bonds. The van der Waals surface area contributed by atoms with Crippen molar-refractivity contribution in [3.05, 3.63) is 46.5 Å². The van der Waals surface area contributed by atoms with Crippen LogP contribution in [-0.2, 0) is 39.1 Å². The monoisotopic (exact) mass is 1090 g/mol. The van der Waals surface area contributed by atoms with Crippen LogP contribution in [0.1, 0.15) is 93.9 Å². The second-order valence-corrected chi connectivity index (χ2v) is 25.2. The molecule has 75 heavy (non-hydrogen) atoms. The zero-order chi connectivity index (χ0) is 54.3. The number of rotatable bonds is 20. The average Bonchev–Trinajstić information content (AvgIpc) is 3.74. The van der Waals surface area contributed by atoms with Crippen LogP contribution < -0.4 is 9.47 Å². The summed E-state index contributed by atoms with van der Waals surface area (Å²) in [7, 11) is 6.96. The number of carbonyl (C=O) groups excluding carboxylic acids is 2. The summed E-state index contributed by atoms with van der Waals surface area (Å²) in [4.78, 5) is 40.0. The third-order valence-electron chi connectivity index (χ3n) is 15.9. The maximum Gasteiger partial charge on any atom is 0.248 e. The summed E-state index contributed by atoms with van der Waals surface area (Å²) in [6, 6.07) is 8.40. The van der Waals surface area contributed by atoms with Crippen molar-refractivity contribution in [1.82, 2.24) is 38.0 Å². The van der Waals surface area contributed by atoms with Gasteiger partial charge in [0, 0.05) is 91.6 Å². The van der Waals surface area contributed by atoms with E-state index in [0.29, 0.717) is 45.8 Å². The summed E-state index contributed by atoms with van der Waals surface area (Å²) in [6.45, 7) is 16.6. The zero-order valence-corrected chi connectivity index (χ0v) is 48.7. The van der Waals surface area contributed by atoms with E-state index in [2.05, 4.69) is 33.7 Å². The van der Waals surface area contributed by atoms with Gasteiger partial charge in [0.05, 0.1) is 37.2 Å². The minimum Gasteiger partial charge on any atom is -0.497 e. The predicted molar refractivity (Wildman–Crippen MR) is 298 cm³/mol. The highest BCUT2D eigenvalue weighted by Crippen LogP contribution is 2.31. The third-order valence-corrected chi connectivity index (χ3v) is 20.2. The quantitative estimate of drug-likeness (QED) is 0.156. The first-order chi connectivity index (χ1) is 35.1. The number of amides is 2. The van der Waals surface area contributed by atoms with Crippen molar-refractivity contribution in [1.29, 1.82) is 0 Å². The maximum absolute atomic E-state index is 13.2. The molecule has 4 aliphatic rings. The molecule has 2 aliphatic heterocycles. The number of nitrogens with zero attached hydrogens (tertiary/aromatic N) is 8. The molecule has 6 rings (SSSR count). The van der Waals surface area contributed by atoms with Gasteiger partial charge < -0.3 is 38.5 Å². The fourth-order valence-corrected chi connectivity index (χ4v) is 14.4. The molecule has 2 aliphatic carbocycles. The van der Waals surface area contributed by atoms with Crippen LogP contribution >= 0.6 is 0 Å². The largest absolute Gasteiger partial charge is 0.497 e. The Balaban J connectivity index is 0.000000320. The molecule has 428 valence electrons. The Morgan fingerprint density at radius 1 is 0.533 bits per heavy atom. The van der Waals surface area contributed by atoms with E-state index in [0.717, 1.165) is 90.9 Å². The molecule has 0 radical (unpaired) electrons. The van der Waals surface area contributed by atoms with Crippen LogP contribution in [-0.4, -0.2) is 239 Å². The molecule has 2 saturated carbocycles. The summed E-state index contributed by atoms with van der Waals surface area (Å²) in [6.07, 6.45) is 11.1. The molecule has 20 heteroatoms. The van der Waals surface area contributed by atoms with Crippen LogP contribution in [0.2, 0.25) is 0 Å². The highest BCUT2D eigenvalue weighted by molar-refractivity contribution is 7.89. The van der Waals surface area contributed by atoms with Crippen molar-refractivity contribution in [2.75, 3.05) is 148 Å². The molecular weight excluding hydrogens is 997 g/mol. The molecule has 2 aromatic carbocycles. The number of hydrogen-bond acceptors (Lipinski definition) is 14. The maximum atomic E-state index is 13.2. The SMILES string of the molecule is C.COc1cc(C)c(S(=O)(=O)N(C)CCOCC(=O)N(C)C2CCCC(N3CCCN(C)CC3)C2)c(C)c1.COc1cc(C)c(S(=O)(=O)N(C)CCOCC(=O)N(C)[C@@H]2CCC[C@H](N3CCCN(C)CC3)C2)c(C)c1. The smallest absolute Gasteiger partial charge is 0.248 e. The number of aryl methyl sites for hydroxylation is 4. The van der Waals surface area contributed by atoms with E-state index in [1.165, 1.54) is 34.3 Å². The lowest BCUT2D eigenvalue weighted by Crippen LogP contribution is -2.48. The number of hydrogen-bond donors (Lipinski definition) is 0. The fourth-order valence-electron chi connectivity index (χ4n) is 11.2. The van der Waals surface area contributed by atoms with Crippen LogP contribution in [0, 0.1) is 27.7 Å². The average molecular weight is 1090 g/mol. The zero-order valence-electron chi connectivity index (χ0n) is 47.1. The van der Waals surface area contributed by atoms with Gasteiger partial charge in [0.15, 0.2) is 0 Å². The molecule has 0 aromatic heterocycles. The van der Waals surface area contributed by atoms with E-state index in [1.807, 2.05) is 23.9 Å². The Morgan fingerprint density at radius 3 is 1.21 bits per heavy atom. The number of ether oxygens (including phenoxy) is 4. The van der Waals surface area contributed by atoms with Crippen LogP contribution in [0.25, 0.3) is 0 Å². The van der Waals surface area contributed by atoms with E-state index in [4.69, 9.17) is 18.9 Å². The van der Waals surface area contributed by atoms with Crippen LogP contribution in [0.15, 0.2) is 34.1 Å². The molecule has 2 heterocycles. The highest BCUT2D eigenvalue weighted by atomic mass is 32.2. The summed E-state index contributed by atoms with van der Waals surface area (Å²) in [5, 5.41) is 0. The lowest BCUT2D eigenvalue weighted by molar-refractivity contribution is -0.138. The standard InChI is InChI=1S/2C27H46N4O5S.CH4/c2*1-21-17-25(35-6)18-22(2)27(21)37(33,34)29(4)15-16-36-20-26(32)30(5)23-9-7-10-24(19-23)31-12-8-11-28(3)13-14-31;/h2*17-18,23-24H,7-16,19-20H2,1-6H3;1H4/t23-,24+;;/m1../s1. The molecule has 0 spiro atoms. The second kappa shape index (κ2) is 30.1. The minimum absolute atomic E-state index is 0. The Hall–Kier alpha value is -3.44. The normalized spacial score (nSPS) is 21.8. The van der Waals surface area contributed by atoms with Gasteiger partial charge in [-0.3, -0.25) is 19.4 Å².